The summed E-state index contributed by atoms with van der Waals surface area (Å²) in [6, 6.07) is 0.276. The van der Waals surface area contributed by atoms with Crippen molar-refractivity contribution in [1.82, 2.24) is 10.2 Å². The zero-order valence-electron chi connectivity index (χ0n) is 11.5. The van der Waals surface area contributed by atoms with Gasteiger partial charge in [-0.2, -0.15) is 0 Å². The Balaban J connectivity index is 4.58. The van der Waals surface area contributed by atoms with Crippen LogP contribution in [0.5, 0.6) is 0 Å². The van der Waals surface area contributed by atoms with Crippen LogP contribution < -0.4 is 5.32 Å². The van der Waals surface area contributed by atoms with Gasteiger partial charge in [0.25, 0.3) is 0 Å². The standard InChI is InChI=1S/C14H25N3/c1-7-10-13(8-2)16-12(4)11-14(15-9-3)17(5)6/h8-9,11,13,16H,2,4,7,10H2,1,3,5-6H3/b14-11+,15-9-. The monoisotopic (exact) mass is 235 g/mol. The van der Waals surface area contributed by atoms with Gasteiger partial charge in [-0.1, -0.05) is 26.0 Å². The van der Waals surface area contributed by atoms with Crippen molar-refractivity contribution in [2.45, 2.75) is 32.7 Å². The molecular weight excluding hydrogens is 210 g/mol. The molecule has 3 nitrogen and oxygen atoms in total. The van der Waals surface area contributed by atoms with Crippen LogP contribution in [0.25, 0.3) is 0 Å². The minimum absolute atomic E-state index is 0.276. The second kappa shape index (κ2) is 8.62. The van der Waals surface area contributed by atoms with E-state index in [0.717, 1.165) is 24.4 Å². The number of rotatable bonds is 8. The zero-order chi connectivity index (χ0) is 13.3. The highest BCUT2D eigenvalue weighted by Gasteiger charge is 2.03. The van der Waals surface area contributed by atoms with E-state index in [-0.39, 0.29) is 6.04 Å². The summed E-state index contributed by atoms with van der Waals surface area (Å²) in [4.78, 5) is 6.23. The highest BCUT2D eigenvalue weighted by Crippen LogP contribution is 2.06. The van der Waals surface area contributed by atoms with E-state index in [4.69, 9.17) is 0 Å². The molecule has 3 heteroatoms. The molecule has 0 aromatic heterocycles. The molecule has 0 aliphatic carbocycles. The summed E-state index contributed by atoms with van der Waals surface area (Å²) in [5, 5.41) is 3.32. The van der Waals surface area contributed by atoms with Crippen LogP contribution in [0, 0.1) is 0 Å². The average Bonchev–Trinajstić information content (AvgIpc) is 2.27. The molecule has 96 valence electrons. The van der Waals surface area contributed by atoms with Gasteiger partial charge >= 0.3 is 0 Å². The molecular formula is C14H25N3. The molecule has 0 fully saturated rings. The molecule has 0 aromatic carbocycles. The molecule has 17 heavy (non-hydrogen) atoms. The minimum Gasteiger partial charge on any atom is -0.379 e. The minimum atomic E-state index is 0.276. The summed E-state index contributed by atoms with van der Waals surface area (Å²) >= 11 is 0. The first kappa shape index (κ1) is 15.5. The quantitative estimate of drug-likeness (QED) is 0.398. The third kappa shape index (κ3) is 6.61. The molecule has 0 rings (SSSR count). The number of aliphatic imine (C=N–C) groups is 1. The van der Waals surface area contributed by atoms with Gasteiger partial charge in [0.1, 0.15) is 5.82 Å². The molecule has 0 heterocycles. The SMILES string of the molecule is C=CC(CCC)NC(=C)/C=C(\N=C/C)N(C)C. The van der Waals surface area contributed by atoms with Crippen molar-refractivity contribution >= 4 is 6.21 Å². The lowest BCUT2D eigenvalue weighted by molar-refractivity contribution is 0.505. The lowest BCUT2D eigenvalue weighted by Crippen LogP contribution is -2.25. The molecule has 1 atom stereocenters. The summed E-state index contributed by atoms with van der Waals surface area (Å²) in [6.45, 7) is 11.9. The molecule has 0 spiro atoms. The maximum Gasteiger partial charge on any atom is 0.129 e. The molecule has 0 aliphatic heterocycles. The summed E-state index contributed by atoms with van der Waals surface area (Å²) in [6.07, 6.45) is 7.81. The van der Waals surface area contributed by atoms with Crippen LogP contribution in [-0.4, -0.2) is 31.3 Å². The summed E-state index contributed by atoms with van der Waals surface area (Å²) < 4.78 is 0. The second-order valence-electron chi connectivity index (χ2n) is 4.08. The Hall–Kier alpha value is -1.51. The third-order valence-corrected chi connectivity index (χ3v) is 2.28. The van der Waals surface area contributed by atoms with E-state index in [1.165, 1.54) is 0 Å². The largest absolute Gasteiger partial charge is 0.379 e. The maximum absolute atomic E-state index is 4.28. The fourth-order valence-electron chi connectivity index (χ4n) is 1.41. The maximum atomic E-state index is 4.28. The Morgan fingerprint density at radius 3 is 2.53 bits per heavy atom. The van der Waals surface area contributed by atoms with E-state index in [2.05, 4.69) is 30.4 Å². The van der Waals surface area contributed by atoms with Crippen molar-refractivity contribution in [3.8, 4) is 0 Å². The molecule has 0 bridgehead atoms. The van der Waals surface area contributed by atoms with Gasteiger partial charge in [-0.3, -0.25) is 0 Å². The van der Waals surface area contributed by atoms with Crippen molar-refractivity contribution < 1.29 is 0 Å². The molecule has 0 saturated heterocycles. The molecule has 0 saturated carbocycles. The summed E-state index contributed by atoms with van der Waals surface area (Å²) in [5.41, 5.74) is 0.859. The lowest BCUT2D eigenvalue weighted by atomic mass is 10.1. The number of nitrogens with zero attached hydrogens (tertiary/aromatic N) is 2. The van der Waals surface area contributed by atoms with Crippen LogP contribution in [-0.2, 0) is 0 Å². The molecule has 1 unspecified atom stereocenters. The highest BCUT2D eigenvalue weighted by atomic mass is 15.2. The van der Waals surface area contributed by atoms with Crippen molar-refractivity contribution in [3.05, 3.63) is 36.8 Å². The molecule has 0 amide bonds. The van der Waals surface area contributed by atoms with Gasteiger partial charge in [-0.05, 0) is 13.3 Å². The van der Waals surface area contributed by atoms with Gasteiger partial charge < -0.3 is 10.2 Å². The molecule has 0 aliphatic rings. The normalized spacial score (nSPS) is 13.5. The molecule has 1 N–H and O–H groups in total. The third-order valence-electron chi connectivity index (χ3n) is 2.28. The molecule has 0 radical (unpaired) electrons. The van der Waals surface area contributed by atoms with E-state index in [1.807, 2.05) is 38.1 Å². The van der Waals surface area contributed by atoms with Gasteiger partial charge in [0.15, 0.2) is 0 Å². The summed E-state index contributed by atoms with van der Waals surface area (Å²) in [5.74, 6) is 0.879. The van der Waals surface area contributed by atoms with E-state index in [1.54, 1.807) is 6.21 Å². The zero-order valence-corrected chi connectivity index (χ0v) is 11.5. The Morgan fingerprint density at radius 2 is 2.12 bits per heavy atom. The first-order valence-corrected chi connectivity index (χ1v) is 6.00. The summed E-state index contributed by atoms with van der Waals surface area (Å²) in [7, 11) is 3.92. The number of nitrogens with one attached hydrogen (secondary N) is 1. The fraction of sp³-hybridized carbons (Fsp3) is 0.500. The first-order valence-electron chi connectivity index (χ1n) is 6.00. The fourth-order valence-corrected chi connectivity index (χ4v) is 1.41. The number of hydrogen-bond acceptors (Lipinski definition) is 3. The topological polar surface area (TPSA) is 27.6 Å². The first-order chi connectivity index (χ1) is 8.04. The Bertz CT molecular complexity index is 301. The molecule has 0 aromatic rings. The van der Waals surface area contributed by atoms with E-state index >= 15 is 0 Å². The Labute approximate surface area is 106 Å². The highest BCUT2D eigenvalue weighted by molar-refractivity contribution is 5.55. The van der Waals surface area contributed by atoms with Gasteiger partial charge in [0, 0.05) is 38.1 Å². The van der Waals surface area contributed by atoms with Crippen molar-refractivity contribution in [2.24, 2.45) is 4.99 Å². The van der Waals surface area contributed by atoms with Crippen molar-refractivity contribution in [3.63, 3.8) is 0 Å². The van der Waals surface area contributed by atoms with E-state index in [0.29, 0.717) is 0 Å². The Kier molecular flexibility index (Phi) is 7.85. The van der Waals surface area contributed by atoms with E-state index < -0.39 is 0 Å². The number of allylic oxidation sites excluding steroid dienone is 1. The van der Waals surface area contributed by atoms with Gasteiger partial charge in [0.2, 0.25) is 0 Å². The van der Waals surface area contributed by atoms with Gasteiger partial charge in [-0.15, -0.1) is 6.58 Å². The van der Waals surface area contributed by atoms with Crippen molar-refractivity contribution in [2.75, 3.05) is 14.1 Å². The van der Waals surface area contributed by atoms with Gasteiger partial charge in [0.05, 0.1) is 0 Å². The smallest absolute Gasteiger partial charge is 0.129 e. The second-order valence-corrected chi connectivity index (χ2v) is 4.08. The van der Waals surface area contributed by atoms with Crippen LogP contribution >= 0.6 is 0 Å². The van der Waals surface area contributed by atoms with Crippen LogP contribution in [0.2, 0.25) is 0 Å². The van der Waals surface area contributed by atoms with Crippen molar-refractivity contribution in [1.29, 1.82) is 0 Å². The van der Waals surface area contributed by atoms with Gasteiger partial charge in [-0.25, -0.2) is 4.99 Å². The van der Waals surface area contributed by atoms with Crippen LogP contribution in [0.15, 0.2) is 41.8 Å². The van der Waals surface area contributed by atoms with E-state index in [9.17, 15) is 0 Å². The van der Waals surface area contributed by atoms with Crippen LogP contribution in [0.4, 0.5) is 0 Å². The Morgan fingerprint density at radius 1 is 1.47 bits per heavy atom. The predicted molar refractivity (Wildman–Crippen MR) is 77.1 cm³/mol. The van der Waals surface area contributed by atoms with Crippen LogP contribution in [0.1, 0.15) is 26.7 Å². The predicted octanol–water partition coefficient (Wildman–Crippen LogP) is 2.94. The average molecular weight is 235 g/mol. The van der Waals surface area contributed by atoms with Crippen LogP contribution in [0.3, 0.4) is 0 Å². The lowest BCUT2D eigenvalue weighted by Gasteiger charge is -2.17. The number of hydrogen-bond donors (Lipinski definition) is 1.